The fraction of sp³-hybridized carbons (Fsp3) is 0.273. The highest BCUT2D eigenvalue weighted by Gasteiger charge is 1.94. The van der Waals surface area contributed by atoms with E-state index in [0.29, 0.717) is 0 Å². The second kappa shape index (κ2) is 5.26. The lowest BCUT2D eigenvalue weighted by Crippen LogP contribution is -2.16. The van der Waals surface area contributed by atoms with Crippen molar-refractivity contribution in [2.45, 2.75) is 13.0 Å². The largest absolute Gasteiger partial charge is 0.311 e. The van der Waals surface area contributed by atoms with E-state index in [2.05, 4.69) is 26.6 Å². The predicted octanol–water partition coefficient (Wildman–Crippen LogP) is 1.14. The van der Waals surface area contributed by atoms with Gasteiger partial charge in [-0.3, -0.25) is 10.1 Å². The molecule has 0 aliphatic heterocycles. The molecule has 0 unspecified atom stereocenters. The molecule has 2 aromatic rings. The summed E-state index contributed by atoms with van der Waals surface area (Å²) >= 11 is 0. The molecule has 4 nitrogen and oxygen atoms in total. The Balaban J connectivity index is 1.68. The molecule has 0 aliphatic carbocycles. The number of nitrogens with zero attached hydrogens (tertiary/aromatic N) is 2. The summed E-state index contributed by atoms with van der Waals surface area (Å²) in [5.74, 6) is 0. The van der Waals surface area contributed by atoms with Crippen molar-refractivity contribution < 1.29 is 0 Å². The minimum atomic E-state index is 0.834. The summed E-state index contributed by atoms with van der Waals surface area (Å²) < 4.78 is 0. The van der Waals surface area contributed by atoms with Crippen molar-refractivity contribution in [1.29, 1.82) is 0 Å². The van der Waals surface area contributed by atoms with Crippen LogP contribution in [0.25, 0.3) is 0 Å². The van der Waals surface area contributed by atoms with E-state index in [-0.39, 0.29) is 0 Å². The molecule has 0 aliphatic rings. The van der Waals surface area contributed by atoms with Crippen LogP contribution in [0.4, 0.5) is 0 Å². The molecule has 4 heteroatoms. The van der Waals surface area contributed by atoms with Crippen LogP contribution in [0.3, 0.4) is 0 Å². The van der Waals surface area contributed by atoms with Gasteiger partial charge in [0.1, 0.15) is 0 Å². The molecular weight excluding hydrogens is 188 g/mol. The lowest BCUT2D eigenvalue weighted by molar-refractivity contribution is 0.672. The Morgan fingerprint density at radius 2 is 2.27 bits per heavy atom. The van der Waals surface area contributed by atoms with Gasteiger partial charge in [-0.05, 0) is 30.7 Å². The molecule has 0 bridgehead atoms. The molecule has 0 saturated heterocycles. The molecule has 2 N–H and O–H groups in total. The van der Waals surface area contributed by atoms with Crippen LogP contribution >= 0.6 is 0 Å². The van der Waals surface area contributed by atoms with Crippen molar-refractivity contribution in [2.24, 2.45) is 0 Å². The van der Waals surface area contributed by atoms with Crippen molar-refractivity contribution in [3.05, 3.63) is 48.0 Å². The highest BCUT2D eigenvalue weighted by Crippen LogP contribution is 1.96. The van der Waals surface area contributed by atoms with Crippen molar-refractivity contribution in [3.63, 3.8) is 0 Å². The second-order valence-corrected chi connectivity index (χ2v) is 3.37. The van der Waals surface area contributed by atoms with E-state index in [1.807, 2.05) is 18.3 Å². The van der Waals surface area contributed by atoms with E-state index < -0.39 is 0 Å². The van der Waals surface area contributed by atoms with Crippen LogP contribution in [0.5, 0.6) is 0 Å². The van der Waals surface area contributed by atoms with Crippen molar-refractivity contribution in [1.82, 2.24) is 20.5 Å². The lowest BCUT2D eigenvalue weighted by Gasteiger charge is -2.02. The average Bonchev–Trinajstić information content (AvgIpc) is 2.79. The summed E-state index contributed by atoms with van der Waals surface area (Å²) in [4.78, 5) is 4.07. The van der Waals surface area contributed by atoms with Gasteiger partial charge in [-0.2, -0.15) is 5.10 Å². The molecule has 0 amide bonds. The summed E-state index contributed by atoms with van der Waals surface area (Å²) in [5, 5.41) is 10.1. The van der Waals surface area contributed by atoms with Crippen LogP contribution in [0.15, 0.2) is 36.8 Å². The Bertz CT molecular complexity index is 369. The molecule has 15 heavy (non-hydrogen) atoms. The predicted molar refractivity (Wildman–Crippen MR) is 58.2 cm³/mol. The van der Waals surface area contributed by atoms with Gasteiger partial charge in [0.2, 0.25) is 0 Å². The maximum absolute atomic E-state index is 4.07. The zero-order chi connectivity index (χ0) is 10.3. The topological polar surface area (TPSA) is 53.6 Å². The molecule has 0 aromatic carbocycles. The number of aromatic amines is 1. The van der Waals surface area contributed by atoms with E-state index in [1.54, 1.807) is 12.4 Å². The fourth-order valence-electron chi connectivity index (χ4n) is 1.38. The summed E-state index contributed by atoms with van der Waals surface area (Å²) in [6.07, 6.45) is 6.46. The van der Waals surface area contributed by atoms with E-state index in [0.717, 1.165) is 25.2 Å². The molecular formula is C11H14N4. The van der Waals surface area contributed by atoms with Crippen LogP contribution in [-0.2, 0) is 13.0 Å². The number of nitrogens with one attached hydrogen (secondary N) is 2. The first kappa shape index (κ1) is 9.86. The Morgan fingerprint density at radius 1 is 1.27 bits per heavy atom. The maximum Gasteiger partial charge on any atom is 0.0490 e. The van der Waals surface area contributed by atoms with Gasteiger partial charge >= 0.3 is 0 Å². The van der Waals surface area contributed by atoms with Gasteiger partial charge in [0.25, 0.3) is 0 Å². The highest BCUT2D eigenvalue weighted by molar-refractivity contribution is 5.08. The molecule has 2 aromatic heterocycles. The smallest absolute Gasteiger partial charge is 0.0490 e. The minimum Gasteiger partial charge on any atom is -0.311 e. The third-order valence-electron chi connectivity index (χ3n) is 2.19. The van der Waals surface area contributed by atoms with Crippen molar-refractivity contribution >= 4 is 0 Å². The molecule has 0 saturated carbocycles. The summed E-state index contributed by atoms with van der Waals surface area (Å²) in [5.41, 5.74) is 2.37. The summed E-state index contributed by atoms with van der Waals surface area (Å²) in [6.45, 7) is 1.78. The zero-order valence-electron chi connectivity index (χ0n) is 8.48. The third-order valence-corrected chi connectivity index (χ3v) is 2.19. The Hall–Kier alpha value is -1.68. The minimum absolute atomic E-state index is 0.834. The van der Waals surface area contributed by atoms with E-state index in [9.17, 15) is 0 Å². The monoisotopic (exact) mass is 202 g/mol. The SMILES string of the molecule is c1cncc(CCNCc2ccn[nH]2)c1. The number of pyridine rings is 1. The molecule has 0 spiro atoms. The van der Waals surface area contributed by atoms with Crippen molar-refractivity contribution in [3.8, 4) is 0 Å². The number of aromatic nitrogens is 3. The van der Waals surface area contributed by atoms with Crippen molar-refractivity contribution in [2.75, 3.05) is 6.54 Å². The molecule has 2 heterocycles. The van der Waals surface area contributed by atoms with Gasteiger partial charge in [0.15, 0.2) is 0 Å². The normalized spacial score (nSPS) is 10.4. The first-order chi connectivity index (χ1) is 7.45. The zero-order valence-corrected chi connectivity index (χ0v) is 8.48. The van der Waals surface area contributed by atoms with Gasteiger partial charge in [0, 0.05) is 30.8 Å². The molecule has 0 fully saturated rings. The number of hydrogen-bond acceptors (Lipinski definition) is 3. The summed E-state index contributed by atoms with van der Waals surface area (Å²) in [6, 6.07) is 6.02. The standard InChI is InChI=1S/C11H14N4/c1-2-10(8-12-5-1)3-6-13-9-11-4-7-14-15-11/h1-2,4-5,7-8,13H,3,6,9H2,(H,14,15). The van der Waals surface area contributed by atoms with Gasteiger partial charge < -0.3 is 5.32 Å². The molecule has 0 atom stereocenters. The van der Waals surface area contributed by atoms with E-state index >= 15 is 0 Å². The lowest BCUT2D eigenvalue weighted by atomic mass is 10.2. The van der Waals surface area contributed by atoms with E-state index in [4.69, 9.17) is 0 Å². The average molecular weight is 202 g/mol. The Labute approximate surface area is 88.8 Å². The van der Waals surface area contributed by atoms with Crippen LogP contribution in [-0.4, -0.2) is 21.7 Å². The van der Waals surface area contributed by atoms with Gasteiger partial charge in [0.05, 0.1) is 0 Å². The number of hydrogen-bond donors (Lipinski definition) is 2. The first-order valence-electron chi connectivity index (χ1n) is 5.03. The fourth-order valence-corrected chi connectivity index (χ4v) is 1.38. The van der Waals surface area contributed by atoms with Crippen LogP contribution in [0.1, 0.15) is 11.3 Å². The van der Waals surface area contributed by atoms with Gasteiger partial charge in [-0.15, -0.1) is 0 Å². The molecule has 78 valence electrons. The van der Waals surface area contributed by atoms with Crippen LogP contribution < -0.4 is 5.32 Å². The third kappa shape index (κ3) is 3.18. The maximum atomic E-state index is 4.07. The van der Waals surface area contributed by atoms with Gasteiger partial charge in [-0.25, -0.2) is 0 Å². The Morgan fingerprint density at radius 3 is 3.00 bits per heavy atom. The molecule has 0 radical (unpaired) electrons. The Kier molecular flexibility index (Phi) is 3.46. The molecule has 2 rings (SSSR count). The van der Waals surface area contributed by atoms with Gasteiger partial charge in [-0.1, -0.05) is 6.07 Å². The van der Waals surface area contributed by atoms with E-state index in [1.165, 1.54) is 5.56 Å². The summed E-state index contributed by atoms with van der Waals surface area (Å²) in [7, 11) is 0. The quantitative estimate of drug-likeness (QED) is 0.715. The number of H-pyrrole nitrogens is 1. The second-order valence-electron chi connectivity index (χ2n) is 3.37. The highest BCUT2D eigenvalue weighted by atomic mass is 15.1. The first-order valence-corrected chi connectivity index (χ1v) is 5.03. The van der Waals surface area contributed by atoms with Crippen LogP contribution in [0.2, 0.25) is 0 Å². The number of rotatable bonds is 5. The van der Waals surface area contributed by atoms with Crippen LogP contribution in [0, 0.1) is 0 Å².